The van der Waals surface area contributed by atoms with Crippen molar-refractivity contribution in [2.45, 2.75) is 6.42 Å². The van der Waals surface area contributed by atoms with Crippen molar-refractivity contribution in [1.29, 1.82) is 0 Å². The number of amides is 1. The Labute approximate surface area is 146 Å². The molecule has 132 valence electrons. The smallest absolute Gasteiger partial charge is 0.226 e. The molecular weight excluding hydrogens is 321 g/mol. The predicted molar refractivity (Wildman–Crippen MR) is 97.4 cm³/mol. The molecule has 1 fully saturated rings. The maximum Gasteiger partial charge on any atom is 0.226 e. The van der Waals surface area contributed by atoms with Crippen LogP contribution in [0.15, 0.2) is 42.6 Å². The molecule has 0 unspecified atom stereocenters. The molecule has 0 radical (unpaired) electrons. The Bertz CT molecular complexity index is 714. The SMILES string of the molecule is NCCC(=O)Nc1ccc(N2CCN(c3ccccc3F)CC2)cn1. The minimum absolute atomic E-state index is 0.138. The van der Waals surface area contributed by atoms with Gasteiger partial charge in [-0.3, -0.25) is 4.79 Å². The van der Waals surface area contributed by atoms with Crippen LogP contribution in [0.2, 0.25) is 0 Å². The van der Waals surface area contributed by atoms with Crippen LogP contribution in [0.3, 0.4) is 0 Å². The van der Waals surface area contributed by atoms with Gasteiger partial charge in [0.25, 0.3) is 0 Å². The molecule has 1 aromatic carbocycles. The number of hydrogen-bond donors (Lipinski definition) is 2. The molecule has 1 aromatic heterocycles. The normalized spacial score (nSPS) is 14.5. The maximum absolute atomic E-state index is 13.9. The van der Waals surface area contributed by atoms with Gasteiger partial charge in [0.2, 0.25) is 5.91 Å². The van der Waals surface area contributed by atoms with Crippen molar-refractivity contribution in [3.05, 3.63) is 48.4 Å². The third kappa shape index (κ3) is 4.24. The number of hydrogen-bond acceptors (Lipinski definition) is 5. The number of para-hydroxylation sites is 1. The molecule has 1 aliphatic rings. The molecule has 0 atom stereocenters. The molecule has 1 amide bonds. The lowest BCUT2D eigenvalue weighted by molar-refractivity contribution is -0.116. The van der Waals surface area contributed by atoms with E-state index in [0.717, 1.165) is 31.9 Å². The van der Waals surface area contributed by atoms with Gasteiger partial charge in [0.05, 0.1) is 17.6 Å². The third-order valence-corrected chi connectivity index (χ3v) is 4.22. The standard InChI is InChI=1S/C18H22FN5O/c19-15-3-1-2-4-16(15)24-11-9-23(10-12-24)14-5-6-17(21-13-14)22-18(25)7-8-20/h1-6,13H,7-12,20H2,(H,21,22,25). The second-order valence-electron chi connectivity index (χ2n) is 5.91. The number of carbonyl (C=O) groups is 1. The first-order chi connectivity index (χ1) is 12.2. The molecule has 2 heterocycles. The summed E-state index contributed by atoms with van der Waals surface area (Å²) in [6, 6.07) is 10.6. The molecule has 0 bridgehead atoms. The van der Waals surface area contributed by atoms with E-state index < -0.39 is 0 Å². The van der Waals surface area contributed by atoms with Gasteiger partial charge in [-0.05, 0) is 24.3 Å². The maximum atomic E-state index is 13.9. The molecule has 2 aromatic rings. The fourth-order valence-electron chi connectivity index (χ4n) is 2.90. The van der Waals surface area contributed by atoms with Crippen LogP contribution >= 0.6 is 0 Å². The topological polar surface area (TPSA) is 74.5 Å². The number of benzene rings is 1. The summed E-state index contributed by atoms with van der Waals surface area (Å²) in [4.78, 5) is 20.1. The van der Waals surface area contributed by atoms with Crippen LogP contribution in [0.5, 0.6) is 0 Å². The summed E-state index contributed by atoms with van der Waals surface area (Å²) >= 11 is 0. The fraction of sp³-hybridized carbons (Fsp3) is 0.333. The number of nitrogens with zero attached hydrogens (tertiary/aromatic N) is 3. The summed E-state index contributed by atoms with van der Waals surface area (Å²) in [5, 5.41) is 2.71. The summed E-state index contributed by atoms with van der Waals surface area (Å²) in [5.41, 5.74) is 6.99. The Hall–Kier alpha value is -2.67. The highest BCUT2D eigenvalue weighted by Gasteiger charge is 2.19. The first-order valence-corrected chi connectivity index (χ1v) is 8.38. The van der Waals surface area contributed by atoms with Gasteiger partial charge in [0.1, 0.15) is 11.6 Å². The molecule has 0 aliphatic carbocycles. The third-order valence-electron chi connectivity index (χ3n) is 4.22. The van der Waals surface area contributed by atoms with Gasteiger partial charge in [0, 0.05) is 39.1 Å². The number of pyridine rings is 1. The van der Waals surface area contributed by atoms with Crippen molar-refractivity contribution in [3.63, 3.8) is 0 Å². The van der Waals surface area contributed by atoms with Gasteiger partial charge >= 0.3 is 0 Å². The first kappa shape index (κ1) is 17.2. The fourth-order valence-corrected chi connectivity index (χ4v) is 2.90. The number of piperazine rings is 1. The summed E-state index contributed by atoms with van der Waals surface area (Å²) in [5.74, 6) is 0.198. The Morgan fingerprint density at radius 3 is 2.48 bits per heavy atom. The van der Waals surface area contributed by atoms with Gasteiger partial charge in [-0.1, -0.05) is 12.1 Å². The van der Waals surface area contributed by atoms with Gasteiger partial charge in [-0.2, -0.15) is 0 Å². The Kier molecular flexibility index (Phi) is 5.45. The highest BCUT2D eigenvalue weighted by atomic mass is 19.1. The van der Waals surface area contributed by atoms with Gasteiger partial charge in [-0.15, -0.1) is 0 Å². The molecule has 3 rings (SSSR count). The van der Waals surface area contributed by atoms with Crippen LogP contribution < -0.4 is 20.9 Å². The predicted octanol–water partition coefficient (Wildman–Crippen LogP) is 1.83. The number of nitrogens with one attached hydrogen (secondary N) is 1. The van der Waals surface area contributed by atoms with E-state index in [4.69, 9.17) is 5.73 Å². The van der Waals surface area contributed by atoms with E-state index in [1.807, 2.05) is 18.2 Å². The molecule has 1 aliphatic heterocycles. The molecule has 7 heteroatoms. The minimum atomic E-state index is -0.185. The van der Waals surface area contributed by atoms with E-state index in [-0.39, 0.29) is 18.1 Å². The lowest BCUT2D eigenvalue weighted by Gasteiger charge is -2.37. The van der Waals surface area contributed by atoms with Crippen LogP contribution in [0.25, 0.3) is 0 Å². The zero-order chi connectivity index (χ0) is 17.6. The number of halogens is 1. The summed E-state index contributed by atoms with van der Waals surface area (Å²) in [6.07, 6.45) is 2.03. The molecule has 25 heavy (non-hydrogen) atoms. The molecule has 0 saturated carbocycles. The molecule has 6 nitrogen and oxygen atoms in total. The Balaban J connectivity index is 1.58. The van der Waals surface area contributed by atoms with E-state index in [1.54, 1.807) is 18.3 Å². The lowest BCUT2D eigenvalue weighted by atomic mass is 10.2. The van der Waals surface area contributed by atoms with Crippen LogP contribution in [-0.2, 0) is 4.79 Å². The van der Waals surface area contributed by atoms with E-state index in [0.29, 0.717) is 18.1 Å². The average Bonchev–Trinajstić information content (AvgIpc) is 2.63. The quantitative estimate of drug-likeness (QED) is 0.866. The molecular formula is C18H22FN5O. The second-order valence-corrected chi connectivity index (χ2v) is 5.91. The van der Waals surface area contributed by atoms with E-state index in [1.165, 1.54) is 6.07 Å². The summed E-state index contributed by atoms with van der Waals surface area (Å²) < 4.78 is 13.9. The van der Waals surface area contributed by atoms with Crippen LogP contribution in [-0.4, -0.2) is 43.6 Å². The minimum Gasteiger partial charge on any atom is -0.367 e. The van der Waals surface area contributed by atoms with Crippen LogP contribution in [0.4, 0.5) is 21.6 Å². The Morgan fingerprint density at radius 2 is 1.84 bits per heavy atom. The van der Waals surface area contributed by atoms with Crippen molar-refractivity contribution in [3.8, 4) is 0 Å². The largest absolute Gasteiger partial charge is 0.367 e. The number of aromatic nitrogens is 1. The number of carbonyl (C=O) groups excluding carboxylic acids is 1. The number of rotatable bonds is 5. The van der Waals surface area contributed by atoms with Crippen molar-refractivity contribution in [2.75, 3.05) is 47.8 Å². The highest BCUT2D eigenvalue weighted by Crippen LogP contribution is 2.23. The van der Waals surface area contributed by atoms with E-state index in [9.17, 15) is 9.18 Å². The van der Waals surface area contributed by atoms with Crippen molar-refractivity contribution < 1.29 is 9.18 Å². The molecule has 3 N–H and O–H groups in total. The monoisotopic (exact) mass is 343 g/mol. The van der Waals surface area contributed by atoms with Gasteiger partial charge < -0.3 is 20.9 Å². The molecule has 0 spiro atoms. The average molecular weight is 343 g/mol. The summed E-state index contributed by atoms with van der Waals surface area (Å²) in [6.45, 7) is 3.38. The highest BCUT2D eigenvalue weighted by molar-refractivity contribution is 5.89. The van der Waals surface area contributed by atoms with Crippen LogP contribution in [0.1, 0.15) is 6.42 Å². The zero-order valence-electron chi connectivity index (χ0n) is 14.0. The van der Waals surface area contributed by atoms with Crippen LogP contribution in [0, 0.1) is 5.82 Å². The van der Waals surface area contributed by atoms with Crippen molar-refractivity contribution in [1.82, 2.24) is 4.98 Å². The van der Waals surface area contributed by atoms with Gasteiger partial charge in [-0.25, -0.2) is 9.37 Å². The van der Waals surface area contributed by atoms with Crippen molar-refractivity contribution >= 4 is 23.1 Å². The van der Waals surface area contributed by atoms with Gasteiger partial charge in [0.15, 0.2) is 0 Å². The zero-order valence-corrected chi connectivity index (χ0v) is 14.0. The van der Waals surface area contributed by atoms with E-state index >= 15 is 0 Å². The Morgan fingerprint density at radius 1 is 1.12 bits per heavy atom. The van der Waals surface area contributed by atoms with Crippen molar-refractivity contribution in [2.24, 2.45) is 5.73 Å². The van der Waals surface area contributed by atoms with E-state index in [2.05, 4.69) is 20.1 Å². The lowest BCUT2D eigenvalue weighted by Crippen LogP contribution is -2.46. The molecule has 1 saturated heterocycles. The first-order valence-electron chi connectivity index (χ1n) is 8.38. The number of anilines is 3. The number of nitrogens with two attached hydrogens (primary N) is 1. The second kappa shape index (κ2) is 7.94. The summed E-state index contributed by atoms with van der Waals surface area (Å²) in [7, 11) is 0.